The molecule has 0 aromatic heterocycles. The molecule has 1 nitrogen and oxygen atoms in total. The van der Waals surface area contributed by atoms with Gasteiger partial charge in [0.05, 0.1) is 0 Å². The summed E-state index contributed by atoms with van der Waals surface area (Å²) in [4.78, 5) is 0. The fourth-order valence-corrected chi connectivity index (χ4v) is 2.60. The Balaban J connectivity index is 2.03. The molecule has 0 fully saturated rings. The van der Waals surface area contributed by atoms with Crippen LogP contribution in [0.4, 0.5) is 0 Å². The monoisotopic (exact) mass is 241 g/mol. The van der Waals surface area contributed by atoms with Crippen LogP contribution < -0.4 is 5.32 Å². The van der Waals surface area contributed by atoms with Crippen LogP contribution in [-0.2, 0) is 6.42 Å². The molecule has 1 atom stereocenters. The van der Waals surface area contributed by atoms with Crippen molar-refractivity contribution in [1.29, 1.82) is 0 Å². The van der Waals surface area contributed by atoms with Crippen molar-refractivity contribution in [3.8, 4) is 0 Å². The van der Waals surface area contributed by atoms with Crippen LogP contribution in [0.3, 0.4) is 0 Å². The summed E-state index contributed by atoms with van der Waals surface area (Å²) in [6.07, 6.45) is 4.91. The van der Waals surface area contributed by atoms with E-state index in [1.807, 2.05) is 0 Å². The predicted octanol–water partition coefficient (Wildman–Crippen LogP) is 4.16. The van der Waals surface area contributed by atoms with Gasteiger partial charge in [-0.1, -0.05) is 49.4 Å². The maximum Gasteiger partial charge on any atom is 0.00615 e. The van der Waals surface area contributed by atoms with Gasteiger partial charge in [-0.05, 0) is 49.1 Å². The first-order valence-electron chi connectivity index (χ1n) is 6.99. The van der Waals surface area contributed by atoms with Crippen molar-refractivity contribution in [2.75, 3.05) is 7.05 Å². The topological polar surface area (TPSA) is 12.0 Å². The van der Waals surface area contributed by atoms with Crippen LogP contribution in [0.5, 0.6) is 0 Å². The number of nitrogens with one attached hydrogen (secondary N) is 1. The molecule has 0 spiro atoms. The second-order valence-electron chi connectivity index (χ2n) is 4.92. The van der Waals surface area contributed by atoms with Crippen LogP contribution in [-0.4, -0.2) is 13.1 Å². The Hall–Kier alpha value is -1.34. The SMILES string of the molecule is CCC(CCCc1cccc2ccccc12)NC. The van der Waals surface area contributed by atoms with E-state index in [4.69, 9.17) is 0 Å². The summed E-state index contributed by atoms with van der Waals surface area (Å²) in [6.45, 7) is 2.25. The first-order chi connectivity index (χ1) is 8.85. The van der Waals surface area contributed by atoms with E-state index in [1.54, 1.807) is 0 Å². The molecule has 0 heterocycles. The van der Waals surface area contributed by atoms with Gasteiger partial charge in [0.1, 0.15) is 0 Å². The highest BCUT2D eigenvalue weighted by atomic mass is 14.9. The normalized spacial score (nSPS) is 12.8. The maximum atomic E-state index is 3.38. The standard InChI is InChI=1S/C17H23N/c1-3-16(18-2)12-7-11-15-10-6-9-14-8-4-5-13-17(14)15/h4-6,8-10,13,16,18H,3,7,11-12H2,1-2H3. The average Bonchev–Trinajstić information content (AvgIpc) is 2.44. The van der Waals surface area contributed by atoms with Crippen LogP contribution in [0.15, 0.2) is 42.5 Å². The summed E-state index contributed by atoms with van der Waals surface area (Å²) in [7, 11) is 2.06. The Kier molecular flexibility index (Phi) is 4.77. The van der Waals surface area contributed by atoms with E-state index in [9.17, 15) is 0 Å². The minimum atomic E-state index is 0.667. The van der Waals surface area contributed by atoms with Gasteiger partial charge in [0.25, 0.3) is 0 Å². The zero-order valence-corrected chi connectivity index (χ0v) is 11.4. The maximum absolute atomic E-state index is 3.38. The summed E-state index contributed by atoms with van der Waals surface area (Å²) in [5.41, 5.74) is 1.49. The molecule has 0 aliphatic rings. The van der Waals surface area contributed by atoms with Gasteiger partial charge in [0.15, 0.2) is 0 Å². The molecule has 0 saturated heterocycles. The van der Waals surface area contributed by atoms with Gasteiger partial charge >= 0.3 is 0 Å². The molecule has 2 aromatic rings. The molecule has 1 N–H and O–H groups in total. The number of hydrogen-bond donors (Lipinski definition) is 1. The first-order valence-corrected chi connectivity index (χ1v) is 6.99. The minimum absolute atomic E-state index is 0.667. The van der Waals surface area contributed by atoms with Crippen LogP contribution >= 0.6 is 0 Å². The molecule has 0 aliphatic carbocycles. The summed E-state index contributed by atoms with van der Waals surface area (Å²) in [5.74, 6) is 0. The van der Waals surface area contributed by atoms with Gasteiger partial charge < -0.3 is 5.32 Å². The van der Waals surface area contributed by atoms with Crippen LogP contribution in [0.1, 0.15) is 31.7 Å². The fourth-order valence-electron chi connectivity index (χ4n) is 2.60. The van der Waals surface area contributed by atoms with Crippen molar-refractivity contribution >= 4 is 10.8 Å². The van der Waals surface area contributed by atoms with Crippen molar-refractivity contribution < 1.29 is 0 Å². The third kappa shape index (κ3) is 3.11. The molecular weight excluding hydrogens is 218 g/mol. The Bertz CT molecular complexity index is 480. The molecule has 2 aromatic carbocycles. The first kappa shape index (κ1) is 13.1. The lowest BCUT2D eigenvalue weighted by Gasteiger charge is -2.13. The lowest BCUT2D eigenvalue weighted by Crippen LogP contribution is -2.23. The highest BCUT2D eigenvalue weighted by molar-refractivity contribution is 5.85. The molecule has 0 bridgehead atoms. The van der Waals surface area contributed by atoms with Crippen molar-refractivity contribution in [2.24, 2.45) is 0 Å². The van der Waals surface area contributed by atoms with Crippen molar-refractivity contribution in [3.63, 3.8) is 0 Å². The molecule has 0 amide bonds. The third-order valence-corrected chi connectivity index (χ3v) is 3.78. The average molecular weight is 241 g/mol. The molecule has 0 aliphatic heterocycles. The molecule has 1 heteroatoms. The van der Waals surface area contributed by atoms with Crippen molar-refractivity contribution in [1.82, 2.24) is 5.32 Å². The Morgan fingerprint density at radius 2 is 1.83 bits per heavy atom. The van der Waals surface area contributed by atoms with Gasteiger partial charge in [0.2, 0.25) is 0 Å². The van der Waals surface area contributed by atoms with E-state index in [2.05, 4.69) is 61.8 Å². The molecule has 18 heavy (non-hydrogen) atoms. The van der Waals surface area contributed by atoms with E-state index < -0.39 is 0 Å². The van der Waals surface area contributed by atoms with Crippen LogP contribution in [0.25, 0.3) is 10.8 Å². The van der Waals surface area contributed by atoms with Crippen molar-refractivity contribution in [3.05, 3.63) is 48.0 Å². The number of fused-ring (bicyclic) bond motifs is 1. The summed E-state index contributed by atoms with van der Waals surface area (Å²) in [6, 6.07) is 16.0. The van der Waals surface area contributed by atoms with Gasteiger partial charge in [0, 0.05) is 6.04 Å². The van der Waals surface area contributed by atoms with E-state index in [0.29, 0.717) is 6.04 Å². The Morgan fingerprint density at radius 3 is 2.61 bits per heavy atom. The smallest absolute Gasteiger partial charge is 0.00615 e. The largest absolute Gasteiger partial charge is 0.317 e. The lowest BCUT2D eigenvalue weighted by atomic mass is 9.98. The number of aryl methyl sites for hydroxylation is 1. The van der Waals surface area contributed by atoms with Crippen LogP contribution in [0.2, 0.25) is 0 Å². The zero-order chi connectivity index (χ0) is 12.8. The number of benzene rings is 2. The second kappa shape index (κ2) is 6.55. The Morgan fingerprint density at radius 1 is 1.06 bits per heavy atom. The van der Waals surface area contributed by atoms with Crippen molar-refractivity contribution in [2.45, 2.75) is 38.6 Å². The number of rotatable bonds is 6. The van der Waals surface area contributed by atoms with Gasteiger partial charge in [-0.2, -0.15) is 0 Å². The third-order valence-electron chi connectivity index (χ3n) is 3.78. The van der Waals surface area contributed by atoms with E-state index in [1.165, 1.54) is 42.0 Å². The quantitative estimate of drug-likeness (QED) is 0.800. The van der Waals surface area contributed by atoms with Gasteiger partial charge in [-0.3, -0.25) is 0 Å². The Labute approximate surface area is 110 Å². The van der Waals surface area contributed by atoms with E-state index in [0.717, 1.165) is 0 Å². The molecular formula is C17H23N. The highest BCUT2D eigenvalue weighted by Gasteiger charge is 2.04. The second-order valence-corrected chi connectivity index (χ2v) is 4.92. The van der Waals surface area contributed by atoms with E-state index in [-0.39, 0.29) is 0 Å². The molecule has 0 saturated carbocycles. The zero-order valence-electron chi connectivity index (χ0n) is 11.4. The summed E-state index contributed by atoms with van der Waals surface area (Å²) < 4.78 is 0. The van der Waals surface area contributed by atoms with Crippen LogP contribution in [0, 0.1) is 0 Å². The summed E-state index contributed by atoms with van der Waals surface area (Å²) in [5, 5.41) is 6.15. The fraction of sp³-hybridized carbons (Fsp3) is 0.412. The molecule has 96 valence electrons. The van der Waals surface area contributed by atoms with Gasteiger partial charge in [-0.25, -0.2) is 0 Å². The molecule has 0 radical (unpaired) electrons. The predicted molar refractivity (Wildman–Crippen MR) is 80.0 cm³/mol. The van der Waals surface area contributed by atoms with Gasteiger partial charge in [-0.15, -0.1) is 0 Å². The molecule has 1 unspecified atom stereocenters. The number of hydrogen-bond acceptors (Lipinski definition) is 1. The minimum Gasteiger partial charge on any atom is -0.317 e. The molecule has 2 rings (SSSR count). The highest BCUT2D eigenvalue weighted by Crippen LogP contribution is 2.20. The van der Waals surface area contributed by atoms with E-state index >= 15 is 0 Å². The lowest BCUT2D eigenvalue weighted by molar-refractivity contribution is 0.492. The summed E-state index contributed by atoms with van der Waals surface area (Å²) >= 11 is 0.